The molecule has 11 heteroatoms. The molecule has 0 spiro atoms. The highest BCUT2D eigenvalue weighted by Crippen LogP contribution is 2.42. The molecular weight excluding hydrogens is 574 g/mol. The molecule has 2 aliphatic rings. The lowest BCUT2D eigenvalue weighted by Crippen LogP contribution is -2.30. The minimum absolute atomic E-state index is 0.120. The number of pyridine rings is 1. The fourth-order valence-corrected chi connectivity index (χ4v) is 5.49. The van der Waals surface area contributed by atoms with E-state index in [1.54, 1.807) is 35.0 Å². The molecule has 0 radical (unpaired) electrons. The van der Waals surface area contributed by atoms with Gasteiger partial charge in [0.2, 0.25) is 5.62 Å². The summed E-state index contributed by atoms with van der Waals surface area (Å²) in [5.41, 5.74) is 1.00. The van der Waals surface area contributed by atoms with Crippen molar-refractivity contribution in [3.8, 4) is 11.1 Å². The summed E-state index contributed by atoms with van der Waals surface area (Å²) in [7, 11) is 0. The highest BCUT2D eigenvalue weighted by atomic mass is 35.5. The molecule has 6 rings (SSSR count). The van der Waals surface area contributed by atoms with E-state index in [2.05, 4.69) is 10.3 Å². The van der Waals surface area contributed by atoms with E-state index in [0.29, 0.717) is 27.3 Å². The summed E-state index contributed by atoms with van der Waals surface area (Å²) in [5.74, 6) is -0.196. The molecular formula is C30H26Cl2F3N5O. The van der Waals surface area contributed by atoms with E-state index in [-0.39, 0.29) is 35.2 Å². The smallest absolute Gasteiger partial charge is 0.345 e. The Kier molecular flexibility index (Phi) is 7.20. The quantitative estimate of drug-likeness (QED) is 0.221. The molecule has 0 saturated heterocycles. The number of aromatic nitrogens is 3. The summed E-state index contributed by atoms with van der Waals surface area (Å²) in [6.45, 7) is 0.215. The molecule has 2 aliphatic carbocycles. The highest BCUT2D eigenvalue weighted by Gasteiger charge is 2.36. The van der Waals surface area contributed by atoms with Crippen LogP contribution in [-0.2, 0) is 12.7 Å². The van der Waals surface area contributed by atoms with E-state index in [4.69, 9.17) is 28.6 Å². The van der Waals surface area contributed by atoms with E-state index in [1.165, 1.54) is 18.2 Å². The molecule has 2 N–H and O–H groups in total. The minimum atomic E-state index is -4.68. The minimum Gasteiger partial charge on any atom is -0.345 e. The Morgan fingerprint density at radius 3 is 2.51 bits per heavy atom. The normalized spacial score (nSPS) is 16.0. The van der Waals surface area contributed by atoms with E-state index in [9.17, 15) is 18.0 Å². The first-order valence-corrected chi connectivity index (χ1v) is 14.1. The number of imidazole rings is 1. The van der Waals surface area contributed by atoms with Crippen molar-refractivity contribution in [2.24, 2.45) is 5.92 Å². The van der Waals surface area contributed by atoms with Crippen LogP contribution in [0.1, 0.15) is 64.9 Å². The first kappa shape index (κ1) is 27.6. The van der Waals surface area contributed by atoms with Crippen LogP contribution < -0.4 is 10.9 Å². The van der Waals surface area contributed by atoms with E-state index >= 15 is 0 Å². The maximum atomic E-state index is 13.9. The van der Waals surface area contributed by atoms with Crippen molar-refractivity contribution < 1.29 is 18.0 Å². The molecule has 0 aliphatic heterocycles. The van der Waals surface area contributed by atoms with Gasteiger partial charge in [-0.15, -0.1) is 0 Å². The average Bonchev–Trinajstić information content (AvgIpc) is 3.88. The maximum Gasteiger partial charge on any atom is 0.433 e. The van der Waals surface area contributed by atoms with E-state index in [1.807, 2.05) is 16.8 Å². The first-order chi connectivity index (χ1) is 19.6. The van der Waals surface area contributed by atoms with Gasteiger partial charge < -0.3 is 14.5 Å². The number of alkyl halides is 3. The Labute approximate surface area is 244 Å². The predicted octanol–water partition coefficient (Wildman–Crippen LogP) is 7.42. The molecule has 2 aromatic carbocycles. The average molecular weight is 600 g/mol. The number of hydrogen-bond donors (Lipinski definition) is 2. The lowest BCUT2D eigenvalue weighted by Gasteiger charge is -2.20. The second-order valence-electron chi connectivity index (χ2n) is 10.7. The SMILES string of the molecule is N=c1n(Cc2cc(C(=O)N[C@H](c3ccc(Cl)c(Cl)c3)C3CC3)cc(-c3cccnc3C(F)(F)F)c2)ccn1C1CC1. The third kappa shape index (κ3) is 5.92. The Morgan fingerprint density at radius 2 is 1.83 bits per heavy atom. The van der Waals surface area contributed by atoms with Crippen LogP contribution in [0.5, 0.6) is 0 Å². The molecule has 2 heterocycles. The molecule has 2 fully saturated rings. The summed E-state index contributed by atoms with van der Waals surface area (Å²) >= 11 is 12.3. The van der Waals surface area contributed by atoms with Crippen LogP contribution in [-0.4, -0.2) is 20.0 Å². The van der Waals surface area contributed by atoms with Crippen LogP contribution in [0.3, 0.4) is 0 Å². The standard InChI is InChI=1S/C30H26Cl2F3N5O/c31-24-8-5-19(15-25(24)32)26(18-3-4-18)38-28(41)21-13-17(16-39-10-11-40(29(39)36)22-6-7-22)12-20(14-21)23-2-1-9-37-27(23)30(33,34)35/h1-2,5,8-15,18,22,26,36H,3-4,6-7,16H2,(H,38,41)/t26-/m0/s1. The molecule has 1 amide bonds. The monoisotopic (exact) mass is 599 g/mol. The van der Waals surface area contributed by atoms with Crippen molar-refractivity contribution in [1.82, 2.24) is 19.4 Å². The van der Waals surface area contributed by atoms with Crippen molar-refractivity contribution in [3.63, 3.8) is 0 Å². The van der Waals surface area contributed by atoms with Gasteiger partial charge in [-0.3, -0.25) is 15.2 Å². The van der Waals surface area contributed by atoms with Gasteiger partial charge in [0.25, 0.3) is 5.91 Å². The number of nitrogens with zero attached hydrogens (tertiary/aromatic N) is 3. The second-order valence-corrected chi connectivity index (χ2v) is 11.5. The van der Waals surface area contributed by atoms with Crippen LogP contribution in [0.25, 0.3) is 11.1 Å². The zero-order chi connectivity index (χ0) is 28.9. The van der Waals surface area contributed by atoms with Gasteiger partial charge in [-0.25, -0.2) is 0 Å². The molecule has 0 bridgehead atoms. The molecule has 1 atom stereocenters. The van der Waals surface area contributed by atoms with Crippen molar-refractivity contribution >= 4 is 29.1 Å². The van der Waals surface area contributed by atoms with Gasteiger partial charge in [0.1, 0.15) is 0 Å². The maximum absolute atomic E-state index is 13.9. The molecule has 2 aromatic heterocycles. The van der Waals surface area contributed by atoms with Gasteiger partial charge in [0.05, 0.1) is 22.6 Å². The summed E-state index contributed by atoms with van der Waals surface area (Å²) in [4.78, 5) is 17.3. The molecule has 0 unspecified atom stereocenters. The molecule has 2 saturated carbocycles. The second kappa shape index (κ2) is 10.7. The van der Waals surface area contributed by atoms with Crippen molar-refractivity contribution in [2.45, 2.75) is 50.5 Å². The lowest BCUT2D eigenvalue weighted by molar-refractivity contribution is -0.140. The van der Waals surface area contributed by atoms with Gasteiger partial charge in [-0.05, 0) is 84.7 Å². The van der Waals surface area contributed by atoms with Gasteiger partial charge in [-0.2, -0.15) is 13.2 Å². The number of rotatable bonds is 8. The van der Waals surface area contributed by atoms with Gasteiger partial charge in [0, 0.05) is 35.8 Å². The highest BCUT2D eigenvalue weighted by molar-refractivity contribution is 6.42. The Hall–Kier alpha value is -3.56. The Morgan fingerprint density at radius 1 is 1.05 bits per heavy atom. The summed E-state index contributed by atoms with van der Waals surface area (Å²) < 4.78 is 45.3. The van der Waals surface area contributed by atoms with Crippen LogP contribution in [0.2, 0.25) is 10.0 Å². The van der Waals surface area contributed by atoms with Crippen LogP contribution in [0, 0.1) is 11.3 Å². The third-order valence-corrected chi connectivity index (χ3v) is 8.28. The summed E-state index contributed by atoms with van der Waals surface area (Å²) in [6.07, 6.45) is 3.95. The number of halogens is 5. The van der Waals surface area contributed by atoms with Crippen molar-refractivity contribution in [3.05, 3.63) is 105 Å². The number of benzene rings is 2. The summed E-state index contributed by atoms with van der Waals surface area (Å²) in [5, 5.41) is 12.4. The zero-order valence-electron chi connectivity index (χ0n) is 21.8. The van der Waals surface area contributed by atoms with Gasteiger partial charge in [0.15, 0.2) is 5.69 Å². The largest absolute Gasteiger partial charge is 0.433 e. The van der Waals surface area contributed by atoms with Gasteiger partial charge in [-0.1, -0.05) is 35.3 Å². The molecule has 41 heavy (non-hydrogen) atoms. The number of amides is 1. The topological polar surface area (TPSA) is 75.7 Å². The molecule has 4 aromatic rings. The Bertz CT molecular complexity index is 1690. The van der Waals surface area contributed by atoms with Crippen molar-refractivity contribution in [2.75, 3.05) is 0 Å². The number of carbonyl (C=O) groups is 1. The predicted molar refractivity (Wildman–Crippen MR) is 150 cm³/mol. The van der Waals surface area contributed by atoms with Gasteiger partial charge >= 0.3 is 6.18 Å². The van der Waals surface area contributed by atoms with Crippen LogP contribution >= 0.6 is 23.2 Å². The number of nitrogens with one attached hydrogen (secondary N) is 2. The Balaban J connectivity index is 1.39. The fourth-order valence-electron chi connectivity index (χ4n) is 5.18. The fraction of sp³-hybridized carbons (Fsp3) is 0.300. The number of carbonyl (C=O) groups excluding carboxylic acids is 1. The first-order valence-electron chi connectivity index (χ1n) is 13.3. The molecule has 6 nitrogen and oxygen atoms in total. The summed E-state index contributed by atoms with van der Waals surface area (Å²) in [6, 6.07) is 12.8. The van der Waals surface area contributed by atoms with Crippen molar-refractivity contribution in [1.29, 1.82) is 5.41 Å². The van der Waals surface area contributed by atoms with E-state index < -0.39 is 17.8 Å². The van der Waals surface area contributed by atoms with Crippen LogP contribution in [0.15, 0.2) is 67.1 Å². The third-order valence-electron chi connectivity index (χ3n) is 7.54. The van der Waals surface area contributed by atoms with E-state index in [0.717, 1.165) is 37.4 Å². The number of hydrogen-bond acceptors (Lipinski definition) is 3. The molecule has 212 valence electrons. The van der Waals surface area contributed by atoms with Crippen LogP contribution in [0.4, 0.5) is 13.2 Å². The zero-order valence-corrected chi connectivity index (χ0v) is 23.3. The lowest BCUT2D eigenvalue weighted by atomic mass is 9.97.